The summed E-state index contributed by atoms with van der Waals surface area (Å²) in [4.78, 5) is 73.0. The van der Waals surface area contributed by atoms with Crippen LogP contribution in [-0.4, -0.2) is 137 Å². The third kappa shape index (κ3) is 11.8. The van der Waals surface area contributed by atoms with Crippen molar-refractivity contribution in [2.75, 3.05) is 89.1 Å². The molecule has 0 radical (unpaired) electrons. The van der Waals surface area contributed by atoms with Crippen molar-refractivity contribution < 1.29 is 18.9 Å². The minimum Gasteiger partial charge on any atom is -0.496 e. The Morgan fingerprint density at radius 2 is 1.14 bits per heavy atom. The fraction of sp³-hybridized carbons (Fsp3) is 0.310. The highest BCUT2D eigenvalue weighted by atomic mass is 16.5. The number of hydrogen-bond donors (Lipinski definition) is 3. The monoisotopic (exact) mass is 1260 g/mol. The molecule has 4 aliphatic heterocycles. The van der Waals surface area contributed by atoms with Crippen LogP contribution < -0.4 is 45.4 Å². The number of anilines is 7. The third-order valence-electron chi connectivity index (χ3n) is 18.4. The number of nitrogens with one attached hydrogen (secondary N) is 3. The summed E-state index contributed by atoms with van der Waals surface area (Å²) >= 11 is 0. The largest absolute Gasteiger partial charge is 0.496 e. The van der Waals surface area contributed by atoms with E-state index in [1.165, 1.54) is 12.0 Å². The van der Waals surface area contributed by atoms with Crippen LogP contribution in [0.1, 0.15) is 64.3 Å². The Balaban J connectivity index is 0.736. The molecule has 0 atom stereocenters. The molecule has 23 nitrogen and oxygen atoms in total. The summed E-state index contributed by atoms with van der Waals surface area (Å²) in [6.07, 6.45) is 13.0. The number of rotatable bonds is 17. The van der Waals surface area contributed by atoms with E-state index in [9.17, 15) is 4.79 Å². The van der Waals surface area contributed by atoms with Crippen molar-refractivity contribution in [2.24, 2.45) is 7.05 Å². The Kier molecular flexibility index (Phi) is 16.2. The van der Waals surface area contributed by atoms with Crippen LogP contribution in [0.3, 0.4) is 0 Å². The highest BCUT2D eigenvalue weighted by molar-refractivity contribution is 5.95. The van der Waals surface area contributed by atoms with Gasteiger partial charge in [0, 0.05) is 143 Å². The number of ether oxygens (including phenoxy) is 4. The van der Waals surface area contributed by atoms with E-state index in [4.69, 9.17) is 68.8 Å². The van der Waals surface area contributed by atoms with Crippen molar-refractivity contribution in [3.8, 4) is 45.8 Å². The van der Waals surface area contributed by atoms with E-state index in [-0.39, 0.29) is 5.56 Å². The molecule has 0 spiro atoms. The zero-order chi connectivity index (χ0) is 64.0. The summed E-state index contributed by atoms with van der Waals surface area (Å²) in [7, 11) is 10.5. The highest BCUT2D eigenvalue weighted by Gasteiger charge is 2.28. The molecule has 23 heteroatoms. The Morgan fingerprint density at radius 1 is 0.500 bits per heavy atom. The van der Waals surface area contributed by atoms with Gasteiger partial charge in [0.1, 0.15) is 39.6 Å². The summed E-state index contributed by atoms with van der Waals surface area (Å²) < 4.78 is 25.2. The number of methoxy groups -OCH3 is 4. The third-order valence-corrected chi connectivity index (χ3v) is 18.4. The van der Waals surface area contributed by atoms with Gasteiger partial charge >= 0.3 is 0 Å². The Morgan fingerprint density at radius 3 is 1.87 bits per heavy atom. The van der Waals surface area contributed by atoms with Gasteiger partial charge in [-0.1, -0.05) is 24.3 Å². The van der Waals surface area contributed by atoms with Crippen LogP contribution in [0.15, 0.2) is 121 Å². The van der Waals surface area contributed by atoms with Crippen LogP contribution >= 0.6 is 0 Å². The lowest BCUT2D eigenvalue weighted by atomic mass is 9.98. The SMILES string of the molecule is COc1cc2c(cc1Nc1ncc3ccnc(-c4ccccc4OC)c3n1)CN(Cc1nc(Nc3cc4c(nc3OC)CCN(Cc3nc(Nc5cc6c(nc5OC)CCN(C)C6)nc5c(N6CCCCC6)cccc35)C4)nc3c(-c4ccc(=O)n(C)c4)nccc13)CC2. The Bertz CT molecular complexity index is 4810. The zero-order valence-corrected chi connectivity index (χ0v) is 53.5. The van der Waals surface area contributed by atoms with E-state index >= 15 is 0 Å². The van der Waals surface area contributed by atoms with Crippen LogP contribution in [0.2, 0.25) is 0 Å². The molecule has 476 valence electrons. The van der Waals surface area contributed by atoms with E-state index in [0.717, 1.165) is 154 Å². The van der Waals surface area contributed by atoms with Gasteiger partial charge in [0.15, 0.2) is 0 Å². The van der Waals surface area contributed by atoms with Gasteiger partial charge in [0.05, 0.1) is 73.8 Å². The minimum absolute atomic E-state index is 0.129. The number of likely N-dealkylation sites (N-methyl/N-ethyl adjacent to an activating group) is 1. The normalized spacial score (nSPS) is 15.1. The molecule has 0 saturated carbocycles. The molecule has 0 bridgehead atoms. The zero-order valence-electron chi connectivity index (χ0n) is 53.5. The van der Waals surface area contributed by atoms with E-state index in [1.807, 2.05) is 36.4 Å². The van der Waals surface area contributed by atoms with Gasteiger partial charge in [-0.25, -0.2) is 39.9 Å². The number of aromatic nitrogens is 11. The molecule has 15 rings (SSSR count). The number of benzene rings is 3. The summed E-state index contributed by atoms with van der Waals surface area (Å²) in [6.45, 7) is 7.45. The van der Waals surface area contributed by atoms with Crippen molar-refractivity contribution in [1.29, 1.82) is 0 Å². The van der Waals surface area contributed by atoms with Gasteiger partial charge < -0.3 is 49.3 Å². The quantitative estimate of drug-likeness (QED) is 0.0768. The van der Waals surface area contributed by atoms with Crippen molar-refractivity contribution >= 4 is 73.3 Å². The average molecular weight is 1260 g/mol. The highest BCUT2D eigenvalue weighted by Crippen LogP contribution is 2.40. The number of aryl methyl sites for hydroxylation is 1. The molecule has 3 aromatic carbocycles. The van der Waals surface area contributed by atoms with Gasteiger partial charge in [0.25, 0.3) is 0 Å². The summed E-state index contributed by atoms with van der Waals surface area (Å²) in [6, 6.07) is 30.0. The molecule has 1 fully saturated rings. The maximum absolute atomic E-state index is 12.7. The molecule has 3 N–H and O–H groups in total. The second kappa shape index (κ2) is 25.5. The first-order valence-corrected chi connectivity index (χ1v) is 31.9. The number of pyridine rings is 5. The number of piperidine rings is 1. The van der Waals surface area contributed by atoms with E-state index in [0.29, 0.717) is 102 Å². The summed E-state index contributed by atoms with van der Waals surface area (Å²) in [5.41, 5.74) is 16.4. The first-order valence-electron chi connectivity index (χ1n) is 31.9. The maximum atomic E-state index is 12.7. The van der Waals surface area contributed by atoms with Crippen molar-refractivity contribution in [3.05, 3.63) is 171 Å². The molecule has 11 aromatic rings. The van der Waals surface area contributed by atoms with Crippen molar-refractivity contribution in [3.63, 3.8) is 0 Å². The van der Waals surface area contributed by atoms with Crippen LogP contribution in [0, 0.1) is 0 Å². The number of fused-ring (bicyclic) bond motifs is 6. The second-order valence-corrected chi connectivity index (χ2v) is 24.5. The smallest absolute Gasteiger partial charge is 0.250 e. The van der Waals surface area contributed by atoms with Crippen molar-refractivity contribution in [2.45, 2.75) is 71.2 Å². The lowest BCUT2D eigenvalue weighted by Crippen LogP contribution is -2.31. The Hall–Kier alpha value is -10.5. The summed E-state index contributed by atoms with van der Waals surface area (Å²) in [5, 5.41) is 13.4. The molecule has 0 aliphatic carbocycles. The molecule has 12 heterocycles. The molecule has 0 unspecified atom stereocenters. The first-order chi connectivity index (χ1) is 46.0. The van der Waals surface area contributed by atoms with Gasteiger partial charge in [-0.15, -0.1) is 0 Å². The molecular formula is C71H72N18O5. The topological polar surface area (TPSA) is 237 Å². The predicted molar refractivity (Wildman–Crippen MR) is 363 cm³/mol. The van der Waals surface area contributed by atoms with E-state index < -0.39 is 0 Å². The van der Waals surface area contributed by atoms with Gasteiger partial charge in [-0.2, -0.15) is 0 Å². The molecule has 4 aliphatic rings. The molecular weight excluding hydrogens is 1180 g/mol. The lowest BCUT2D eigenvalue weighted by molar-refractivity contribution is 0.240. The van der Waals surface area contributed by atoms with Crippen LogP contribution in [0.4, 0.5) is 40.6 Å². The number of hydrogen-bond acceptors (Lipinski definition) is 22. The molecule has 1 saturated heterocycles. The van der Waals surface area contributed by atoms with Crippen LogP contribution in [-0.2, 0) is 59.0 Å². The lowest BCUT2D eigenvalue weighted by Gasteiger charge is -2.31. The van der Waals surface area contributed by atoms with Gasteiger partial charge in [-0.3, -0.25) is 24.6 Å². The molecule has 8 aromatic heterocycles. The van der Waals surface area contributed by atoms with Crippen LogP contribution in [0.25, 0.3) is 55.2 Å². The average Bonchev–Trinajstić information content (AvgIpc) is 0.802. The fourth-order valence-corrected chi connectivity index (χ4v) is 13.6. The number of para-hydroxylation sites is 2. The molecule has 94 heavy (non-hydrogen) atoms. The Labute approximate surface area is 543 Å². The first kappa shape index (κ1) is 59.8. The fourth-order valence-electron chi connectivity index (χ4n) is 13.6. The minimum atomic E-state index is -0.129. The summed E-state index contributed by atoms with van der Waals surface area (Å²) in [5.74, 6) is 3.57. The second-order valence-electron chi connectivity index (χ2n) is 24.5. The van der Waals surface area contributed by atoms with Gasteiger partial charge in [0.2, 0.25) is 35.2 Å². The standard InChI is InChI=1S/C71H72N18O5/c1-85-28-22-51-46(36-85)32-54(67(75-51)93-5)78-70-80-56(48-14-12-15-58(64(48)83-70)89-26-10-7-11-27-89)40-88-30-23-52-47(39-88)33-55(68(76-52)94-6)79-71-81-57(49-20-25-72-62(66(49)84-71)44-17-18-61(90)86(2)37-44)41-87-29-21-42-34-60(92-4)53(31-45(42)38-87)77-69-74-35-43-19-24-73-65(63(43)82-69)50-13-8-9-16-59(50)91-3/h8-9,12-20,24-25,31-35,37H,7,10-11,21-23,26-30,36,38-41H2,1-6H3,(H,74,77,82)(H,78,80,83)(H,79,81,84). The van der Waals surface area contributed by atoms with Crippen LogP contribution in [0.5, 0.6) is 23.3 Å². The molecule has 0 amide bonds. The number of nitrogens with zero attached hydrogens (tertiary/aromatic N) is 15. The van der Waals surface area contributed by atoms with Crippen molar-refractivity contribution in [1.82, 2.24) is 69.1 Å². The maximum Gasteiger partial charge on any atom is 0.250 e. The predicted octanol–water partition coefficient (Wildman–Crippen LogP) is 10.5. The van der Waals surface area contributed by atoms with E-state index in [1.54, 1.807) is 77.0 Å². The van der Waals surface area contributed by atoms with E-state index in [2.05, 4.69) is 85.1 Å². The van der Waals surface area contributed by atoms with Gasteiger partial charge in [-0.05, 0) is 116 Å².